The third kappa shape index (κ3) is 4.87. The minimum Gasteiger partial charge on any atom is -0.478 e. The summed E-state index contributed by atoms with van der Waals surface area (Å²) in [5.41, 5.74) is 0.541. The van der Waals surface area contributed by atoms with Crippen molar-refractivity contribution in [2.24, 2.45) is 5.92 Å². The molecule has 1 aromatic rings. The molecule has 0 spiro atoms. The second kappa shape index (κ2) is 6.89. The minimum atomic E-state index is -0.920. The van der Waals surface area contributed by atoms with E-state index in [1.165, 1.54) is 0 Å². The van der Waals surface area contributed by atoms with Crippen LogP contribution in [0.15, 0.2) is 24.3 Å². The lowest BCUT2D eigenvalue weighted by Gasteiger charge is -2.22. The number of amides is 1. The van der Waals surface area contributed by atoms with Gasteiger partial charge in [0.1, 0.15) is 5.60 Å². The maximum Gasteiger partial charge on any atom is 0.407 e. The molecule has 1 amide bonds. The van der Waals surface area contributed by atoms with Gasteiger partial charge in [-0.3, -0.25) is 0 Å². The van der Waals surface area contributed by atoms with Crippen LogP contribution in [0, 0.1) is 5.92 Å². The van der Waals surface area contributed by atoms with Crippen LogP contribution in [0.5, 0.6) is 0 Å². The van der Waals surface area contributed by atoms with E-state index in [-0.39, 0.29) is 5.92 Å². The fourth-order valence-corrected chi connectivity index (χ4v) is 2.69. The van der Waals surface area contributed by atoms with Crippen LogP contribution in [0.3, 0.4) is 0 Å². The molecule has 0 unspecified atom stereocenters. The fourth-order valence-electron chi connectivity index (χ4n) is 2.69. The maximum absolute atomic E-state index is 11.7. The summed E-state index contributed by atoms with van der Waals surface area (Å²) in [7, 11) is 0. The van der Waals surface area contributed by atoms with Gasteiger partial charge in [0, 0.05) is 19.6 Å². The van der Waals surface area contributed by atoms with Crippen LogP contribution in [0.1, 0.15) is 37.6 Å². The summed E-state index contributed by atoms with van der Waals surface area (Å²) >= 11 is 0. The van der Waals surface area contributed by atoms with Gasteiger partial charge >= 0.3 is 12.1 Å². The number of alkyl carbamates (subject to hydrolysis) is 1. The topological polar surface area (TPSA) is 78.9 Å². The van der Waals surface area contributed by atoms with Gasteiger partial charge in [0.05, 0.1) is 11.3 Å². The van der Waals surface area contributed by atoms with Crippen LogP contribution < -0.4 is 10.2 Å². The number of anilines is 1. The second-order valence-corrected chi connectivity index (χ2v) is 6.81. The van der Waals surface area contributed by atoms with Crippen LogP contribution in [0.2, 0.25) is 0 Å². The lowest BCUT2D eigenvalue weighted by atomic mass is 10.1. The van der Waals surface area contributed by atoms with E-state index in [9.17, 15) is 14.7 Å². The smallest absolute Gasteiger partial charge is 0.407 e. The first-order valence-corrected chi connectivity index (χ1v) is 7.80. The van der Waals surface area contributed by atoms with Crippen molar-refractivity contribution in [3.8, 4) is 0 Å². The molecule has 0 aliphatic carbocycles. The Morgan fingerprint density at radius 2 is 2.04 bits per heavy atom. The summed E-state index contributed by atoms with van der Waals surface area (Å²) in [6, 6.07) is 7.01. The van der Waals surface area contributed by atoms with Crippen LogP contribution in [-0.4, -0.2) is 42.4 Å². The van der Waals surface area contributed by atoms with E-state index in [4.69, 9.17) is 4.74 Å². The molecule has 1 saturated heterocycles. The van der Waals surface area contributed by atoms with Gasteiger partial charge < -0.3 is 20.1 Å². The second-order valence-electron chi connectivity index (χ2n) is 6.81. The van der Waals surface area contributed by atoms with Gasteiger partial charge in [0.15, 0.2) is 0 Å². The Labute approximate surface area is 136 Å². The number of hydrogen-bond donors (Lipinski definition) is 2. The average molecular weight is 320 g/mol. The number of nitrogens with zero attached hydrogens (tertiary/aromatic N) is 1. The number of benzene rings is 1. The summed E-state index contributed by atoms with van der Waals surface area (Å²) in [4.78, 5) is 25.1. The zero-order chi connectivity index (χ0) is 17.0. The number of aromatic carboxylic acids is 1. The van der Waals surface area contributed by atoms with Gasteiger partial charge in [-0.15, -0.1) is 0 Å². The van der Waals surface area contributed by atoms with Crippen LogP contribution in [0.4, 0.5) is 10.5 Å². The Morgan fingerprint density at radius 3 is 2.70 bits per heavy atom. The molecule has 23 heavy (non-hydrogen) atoms. The minimum absolute atomic E-state index is 0.282. The molecule has 1 heterocycles. The normalized spacial score (nSPS) is 17.9. The Balaban J connectivity index is 1.90. The standard InChI is InChI=1S/C17H24N2O4/c1-17(2,3)23-16(22)18-10-12-8-9-19(11-12)14-7-5-4-6-13(14)15(20)21/h4-7,12H,8-11H2,1-3H3,(H,18,22)(H,20,21)/t12-/m0/s1. The fraction of sp³-hybridized carbons (Fsp3) is 0.529. The molecule has 1 atom stereocenters. The molecule has 1 fully saturated rings. The van der Waals surface area contributed by atoms with Gasteiger partial charge in [-0.2, -0.15) is 0 Å². The first-order chi connectivity index (χ1) is 10.8. The molecule has 0 radical (unpaired) electrons. The lowest BCUT2D eigenvalue weighted by Crippen LogP contribution is -2.36. The molecule has 2 rings (SSSR count). The number of carboxylic acids is 1. The number of ether oxygens (including phenoxy) is 1. The number of rotatable bonds is 4. The number of para-hydroxylation sites is 1. The molecule has 0 aromatic heterocycles. The molecular weight excluding hydrogens is 296 g/mol. The average Bonchev–Trinajstić information content (AvgIpc) is 2.92. The molecule has 1 aliphatic heterocycles. The zero-order valence-electron chi connectivity index (χ0n) is 13.8. The third-order valence-corrected chi connectivity index (χ3v) is 3.69. The van der Waals surface area contributed by atoms with Crippen molar-refractivity contribution in [3.63, 3.8) is 0 Å². The van der Waals surface area contributed by atoms with Crippen molar-refractivity contribution in [1.82, 2.24) is 5.32 Å². The van der Waals surface area contributed by atoms with E-state index in [2.05, 4.69) is 10.2 Å². The highest BCUT2D eigenvalue weighted by atomic mass is 16.6. The van der Waals surface area contributed by atoms with E-state index in [1.54, 1.807) is 12.1 Å². The zero-order valence-corrected chi connectivity index (χ0v) is 13.8. The molecule has 1 aromatic carbocycles. The summed E-state index contributed by atoms with van der Waals surface area (Å²) in [6.07, 6.45) is 0.492. The molecule has 2 N–H and O–H groups in total. The number of carbonyl (C=O) groups is 2. The number of carboxylic acid groups (broad SMARTS) is 1. The number of nitrogens with one attached hydrogen (secondary N) is 1. The van der Waals surface area contributed by atoms with Crippen molar-refractivity contribution in [1.29, 1.82) is 0 Å². The summed E-state index contributed by atoms with van der Waals surface area (Å²) < 4.78 is 5.22. The Kier molecular flexibility index (Phi) is 5.13. The SMILES string of the molecule is CC(C)(C)OC(=O)NC[C@@H]1CCN(c2ccccc2C(=O)O)C1. The quantitative estimate of drug-likeness (QED) is 0.892. The monoisotopic (exact) mass is 320 g/mol. The van der Waals surface area contributed by atoms with E-state index < -0.39 is 17.7 Å². The lowest BCUT2D eigenvalue weighted by molar-refractivity contribution is 0.0520. The van der Waals surface area contributed by atoms with E-state index in [0.29, 0.717) is 12.1 Å². The van der Waals surface area contributed by atoms with Gasteiger partial charge in [-0.05, 0) is 45.2 Å². The highest BCUT2D eigenvalue weighted by Gasteiger charge is 2.26. The van der Waals surface area contributed by atoms with E-state index >= 15 is 0 Å². The summed E-state index contributed by atoms with van der Waals surface area (Å²) in [5, 5.41) is 12.1. The van der Waals surface area contributed by atoms with Crippen molar-refractivity contribution in [2.45, 2.75) is 32.8 Å². The predicted octanol–water partition coefficient (Wildman–Crippen LogP) is 2.74. The summed E-state index contributed by atoms with van der Waals surface area (Å²) in [5.74, 6) is -0.639. The highest BCUT2D eigenvalue weighted by Crippen LogP contribution is 2.27. The molecule has 6 heteroatoms. The molecular formula is C17H24N2O4. The van der Waals surface area contributed by atoms with E-state index in [1.807, 2.05) is 32.9 Å². The first kappa shape index (κ1) is 17.1. The third-order valence-electron chi connectivity index (χ3n) is 3.69. The first-order valence-electron chi connectivity index (χ1n) is 7.80. The van der Waals surface area contributed by atoms with Crippen molar-refractivity contribution in [2.75, 3.05) is 24.5 Å². The molecule has 0 bridgehead atoms. The Bertz CT molecular complexity index is 580. The largest absolute Gasteiger partial charge is 0.478 e. The van der Waals surface area contributed by atoms with Crippen molar-refractivity contribution >= 4 is 17.7 Å². The number of hydrogen-bond acceptors (Lipinski definition) is 4. The van der Waals surface area contributed by atoms with Gasteiger partial charge in [-0.1, -0.05) is 12.1 Å². The predicted molar refractivity (Wildman–Crippen MR) is 88.0 cm³/mol. The Morgan fingerprint density at radius 1 is 1.35 bits per heavy atom. The Hall–Kier alpha value is -2.24. The maximum atomic E-state index is 11.7. The highest BCUT2D eigenvalue weighted by molar-refractivity contribution is 5.94. The molecule has 1 aliphatic rings. The van der Waals surface area contributed by atoms with Gasteiger partial charge in [0.25, 0.3) is 0 Å². The van der Waals surface area contributed by atoms with Gasteiger partial charge in [0.2, 0.25) is 0 Å². The van der Waals surface area contributed by atoms with Crippen LogP contribution >= 0.6 is 0 Å². The molecule has 0 saturated carbocycles. The van der Waals surface area contributed by atoms with Crippen LogP contribution in [0.25, 0.3) is 0 Å². The molecule has 6 nitrogen and oxygen atoms in total. The van der Waals surface area contributed by atoms with Crippen molar-refractivity contribution < 1.29 is 19.4 Å². The van der Waals surface area contributed by atoms with Crippen LogP contribution in [-0.2, 0) is 4.74 Å². The number of carbonyl (C=O) groups excluding carboxylic acids is 1. The summed E-state index contributed by atoms with van der Waals surface area (Å²) in [6.45, 7) is 7.51. The van der Waals surface area contributed by atoms with E-state index in [0.717, 1.165) is 25.2 Å². The molecule has 126 valence electrons. The van der Waals surface area contributed by atoms with Gasteiger partial charge in [-0.25, -0.2) is 9.59 Å². The van der Waals surface area contributed by atoms with Crippen molar-refractivity contribution in [3.05, 3.63) is 29.8 Å².